The lowest BCUT2D eigenvalue weighted by Gasteiger charge is -2.06. The highest BCUT2D eigenvalue weighted by Crippen LogP contribution is 2.09. The molecule has 0 N–H and O–H groups in total. The van der Waals surface area contributed by atoms with Crippen LogP contribution in [0.5, 0.6) is 0 Å². The number of benzene rings is 1. The number of halogens is 1. The number of nitrogens with zero attached hydrogens (tertiary/aromatic N) is 2. The molecule has 0 atom stereocenters. The van der Waals surface area contributed by atoms with E-state index in [0.717, 1.165) is 15.7 Å². The van der Waals surface area contributed by atoms with Crippen molar-refractivity contribution in [1.82, 2.24) is 9.13 Å². The zero-order valence-corrected chi connectivity index (χ0v) is 13.0. The summed E-state index contributed by atoms with van der Waals surface area (Å²) in [6.45, 7) is 1.96. The summed E-state index contributed by atoms with van der Waals surface area (Å²) >= 11 is 3.21. The Bertz CT molecular complexity index is 814. The van der Waals surface area contributed by atoms with Gasteiger partial charge in [0.05, 0.1) is 0 Å². The molecule has 0 saturated carbocycles. The molecule has 0 bridgehead atoms. The van der Waals surface area contributed by atoms with Crippen LogP contribution in [0.1, 0.15) is 16.8 Å². The van der Waals surface area contributed by atoms with Crippen LogP contribution >= 0.6 is 15.9 Å². The highest BCUT2D eigenvalue weighted by molar-refractivity contribution is 9.10. The summed E-state index contributed by atoms with van der Waals surface area (Å²) in [5.41, 5.74) is 1.51. The Kier molecular flexibility index (Phi) is 3.96. The Balaban J connectivity index is 2.66. The summed E-state index contributed by atoms with van der Waals surface area (Å²) in [6.07, 6.45) is 0. The van der Waals surface area contributed by atoms with Gasteiger partial charge < -0.3 is 0 Å². The summed E-state index contributed by atoms with van der Waals surface area (Å²) in [6, 6.07) is 7.69. The van der Waals surface area contributed by atoms with Gasteiger partial charge in [-0.3, -0.25) is 13.9 Å². The number of aromatic nitrogens is 2. The molecule has 2 aromatic rings. The summed E-state index contributed by atoms with van der Waals surface area (Å²) < 4.78 is 2.70. The first-order valence-electron chi connectivity index (χ1n) is 5.96. The van der Waals surface area contributed by atoms with Crippen molar-refractivity contribution in [3.63, 3.8) is 0 Å². The van der Waals surface area contributed by atoms with Crippen molar-refractivity contribution >= 4 is 15.9 Å². The number of hydrogen-bond donors (Lipinski definition) is 0. The minimum absolute atomic E-state index is 0.295. The van der Waals surface area contributed by atoms with E-state index in [1.165, 1.54) is 11.6 Å². The fraction of sp³-hybridized carbons (Fsp3) is 0.200. The molecule has 0 amide bonds. The van der Waals surface area contributed by atoms with Gasteiger partial charge in [0.15, 0.2) is 0 Å². The van der Waals surface area contributed by atoms with Crippen LogP contribution in [0.3, 0.4) is 0 Å². The Morgan fingerprint density at radius 2 is 1.70 bits per heavy atom. The second-order valence-corrected chi connectivity index (χ2v) is 5.23. The van der Waals surface area contributed by atoms with Crippen molar-refractivity contribution in [3.05, 3.63) is 66.4 Å². The molecular formula is C15H13BrN2O2. The largest absolute Gasteiger partial charge is 0.331 e. The van der Waals surface area contributed by atoms with Crippen molar-refractivity contribution in [2.24, 2.45) is 14.1 Å². The van der Waals surface area contributed by atoms with Gasteiger partial charge in [-0.05, 0) is 40.4 Å². The lowest BCUT2D eigenvalue weighted by molar-refractivity contribution is 0.673. The maximum atomic E-state index is 11.9. The van der Waals surface area contributed by atoms with E-state index in [1.807, 2.05) is 31.2 Å². The highest BCUT2D eigenvalue weighted by atomic mass is 79.9. The molecule has 102 valence electrons. The lowest BCUT2D eigenvalue weighted by atomic mass is 10.1. The number of rotatable bonds is 0. The Morgan fingerprint density at radius 1 is 1.05 bits per heavy atom. The first-order valence-corrected chi connectivity index (χ1v) is 6.76. The molecule has 0 spiro atoms. The zero-order valence-electron chi connectivity index (χ0n) is 11.4. The predicted molar refractivity (Wildman–Crippen MR) is 81.8 cm³/mol. The predicted octanol–water partition coefficient (Wildman–Crippen LogP) is 1.55. The molecule has 2 rings (SSSR count). The molecule has 1 heterocycles. The maximum Gasteiger partial charge on any atom is 0.331 e. The fourth-order valence-electron chi connectivity index (χ4n) is 1.78. The second-order valence-electron chi connectivity index (χ2n) is 4.43. The van der Waals surface area contributed by atoms with Crippen LogP contribution in [0, 0.1) is 18.8 Å². The SMILES string of the molecule is Cc1ccccc1C#Cc1c(Br)c(=O)n(C)c(=O)n1C. The van der Waals surface area contributed by atoms with Gasteiger partial charge in [0.25, 0.3) is 5.56 Å². The van der Waals surface area contributed by atoms with Crippen molar-refractivity contribution in [2.75, 3.05) is 0 Å². The molecule has 0 fully saturated rings. The third-order valence-corrected chi connectivity index (χ3v) is 3.78. The molecule has 5 heteroatoms. The molecule has 1 aromatic heterocycles. The van der Waals surface area contributed by atoms with Crippen LogP contribution in [0.2, 0.25) is 0 Å². The molecule has 0 saturated heterocycles. The summed E-state index contributed by atoms with van der Waals surface area (Å²) in [4.78, 5) is 23.8. The summed E-state index contributed by atoms with van der Waals surface area (Å²) in [5.74, 6) is 5.90. The molecule has 0 radical (unpaired) electrons. The zero-order chi connectivity index (χ0) is 14.9. The minimum Gasteiger partial charge on any atom is -0.288 e. The van der Waals surface area contributed by atoms with Crippen LogP contribution in [-0.2, 0) is 14.1 Å². The van der Waals surface area contributed by atoms with E-state index >= 15 is 0 Å². The second kappa shape index (κ2) is 5.51. The Labute approximate surface area is 124 Å². The average Bonchev–Trinajstić information content (AvgIpc) is 2.45. The van der Waals surface area contributed by atoms with E-state index in [-0.39, 0.29) is 5.56 Å². The Hall–Kier alpha value is -2.06. The van der Waals surface area contributed by atoms with E-state index in [1.54, 1.807) is 7.05 Å². The van der Waals surface area contributed by atoms with Gasteiger partial charge in [0, 0.05) is 19.7 Å². The normalized spacial score (nSPS) is 10.0. The van der Waals surface area contributed by atoms with Crippen LogP contribution in [0.4, 0.5) is 0 Å². The first kappa shape index (κ1) is 14.4. The van der Waals surface area contributed by atoms with E-state index in [2.05, 4.69) is 27.8 Å². The van der Waals surface area contributed by atoms with Gasteiger partial charge in [0.2, 0.25) is 0 Å². The third kappa shape index (κ3) is 2.47. The molecular weight excluding hydrogens is 320 g/mol. The van der Waals surface area contributed by atoms with Crippen molar-refractivity contribution < 1.29 is 0 Å². The molecule has 1 aromatic carbocycles. The van der Waals surface area contributed by atoms with Gasteiger partial charge in [-0.25, -0.2) is 4.79 Å². The lowest BCUT2D eigenvalue weighted by Crippen LogP contribution is -2.38. The maximum absolute atomic E-state index is 11.9. The van der Waals surface area contributed by atoms with Crippen LogP contribution < -0.4 is 11.2 Å². The van der Waals surface area contributed by atoms with E-state index in [9.17, 15) is 9.59 Å². The van der Waals surface area contributed by atoms with Crippen molar-refractivity contribution in [2.45, 2.75) is 6.92 Å². The fourth-order valence-corrected chi connectivity index (χ4v) is 2.41. The topological polar surface area (TPSA) is 44.0 Å². The quantitative estimate of drug-likeness (QED) is 0.687. The minimum atomic E-state index is -0.396. The first-order chi connectivity index (χ1) is 9.43. The number of hydrogen-bond acceptors (Lipinski definition) is 2. The summed E-state index contributed by atoms with van der Waals surface area (Å²) in [7, 11) is 3.03. The molecule has 20 heavy (non-hydrogen) atoms. The van der Waals surface area contributed by atoms with Crippen LogP contribution in [0.25, 0.3) is 0 Å². The standard InChI is InChI=1S/C15H13BrN2O2/c1-10-6-4-5-7-11(10)8-9-12-13(16)14(19)18(3)15(20)17(12)2/h4-7H,1-3H3. The van der Waals surface area contributed by atoms with Gasteiger partial charge in [0.1, 0.15) is 10.2 Å². The highest BCUT2D eigenvalue weighted by Gasteiger charge is 2.11. The van der Waals surface area contributed by atoms with Crippen molar-refractivity contribution in [3.8, 4) is 11.8 Å². The third-order valence-electron chi connectivity index (χ3n) is 3.07. The number of aryl methyl sites for hydroxylation is 1. The van der Waals surface area contributed by atoms with Gasteiger partial charge in [-0.15, -0.1) is 0 Å². The van der Waals surface area contributed by atoms with E-state index in [0.29, 0.717) is 10.2 Å². The van der Waals surface area contributed by atoms with Crippen molar-refractivity contribution in [1.29, 1.82) is 0 Å². The van der Waals surface area contributed by atoms with Gasteiger partial charge in [-0.1, -0.05) is 24.1 Å². The molecule has 0 aliphatic rings. The average molecular weight is 333 g/mol. The smallest absolute Gasteiger partial charge is 0.288 e. The van der Waals surface area contributed by atoms with Gasteiger partial charge in [-0.2, -0.15) is 0 Å². The monoisotopic (exact) mass is 332 g/mol. The van der Waals surface area contributed by atoms with Gasteiger partial charge >= 0.3 is 5.69 Å². The van der Waals surface area contributed by atoms with Crippen LogP contribution in [0.15, 0.2) is 38.3 Å². The molecule has 0 unspecified atom stereocenters. The Morgan fingerprint density at radius 3 is 2.35 bits per heavy atom. The molecule has 0 aliphatic carbocycles. The van der Waals surface area contributed by atoms with E-state index < -0.39 is 5.69 Å². The van der Waals surface area contributed by atoms with Crippen LogP contribution in [-0.4, -0.2) is 9.13 Å². The summed E-state index contributed by atoms with van der Waals surface area (Å²) in [5, 5.41) is 0. The molecule has 4 nitrogen and oxygen atoms in total. The molecule has 0 aliphatic heterocycles. The van der Waals surface area contributed by atoms with E-state index in [4.69, 9.17) is 0 Å².